The van der Waals surface area contributed by atoms with E-state index in [0.29, 0.717) is 5.39 Å². The number of aryl methyl sites for hydroxylation is 1. The molecule has 0 aliphatic rings. The van der Waals surface area contributed by atoms with Crippen LogP contribution >= 0.6 is 0 Å². The van der Waals surface area contributed by atoms with Gasteiger partial charge in [-0.1, -0.05) is 250 Å². The molecule has 0 spiro atoms. The maximum Gasteiger partial charge on any atom is 0.295 e. The summed E-state index contributed by atoms with van der Waals surface area (Å²) in [6.07, 6.45) is 47.3. The second kappa shape index (κ2) is 35.7. The zero-order valence-electron chi connectivity index (χ0n) is 35.6. The molecule has 0 aliphatic heterocycles. The number of rotatable bonds is 37. The first-order chi connectivity index (χ1) is 26.5. The Bertz CT molecular complexity index is 1240. The molecular formula is C49H86O4S. The SMILES string of the molecule is C=O.CCCCCCCCCCCCCCCCCCCc1cc2ccccc2c(S(=O)(=O)O)c1CCCCCCCCCCCCCCCCCCC. The maximum absolute atomic E-state index is 12.8. The van der Waals surface area contributed by atoms with Crippen molar-refractivity contribution in [2.45, 2.75) is 250 Å². The first-order valence-electron chi connectivity index (χ1n) is 23.3. The second-order valence-corrected chi connectivity index (χ2v) is 17.7. The van der Waals surface area contributed by atoms with Gasteiger partial charge < -0.3 is 4.79 Å². The highest BCUT2D eigenvalue weighted by atomic mass is 32.2. The number of carbonyl (C=O) groups is 1. The average Bonchev–Trinajstić information content (AvgIpc) is 3.17. The van der Waals surface area contributed by atoms with Crippen molar-refractivity contribution in [1.29, 1.82) is 0 Å². The summed E-state index contributed by atoms with van der Waals surface area (Å²) in [5.41, 5.74) is 2.00. The molecule has 0 radical (unpaired) electrons. The van der Waals surface area contributed by atoms with Crippen molar-refractivity contribution >= 4 is 27.7 Å². The molecule has 0 saturated heterocycles. The molecule has 0 heterocycles. The zero-order valence-corrected chi connectivity index (χ0v) is 36.4. The molecule has 0 aromatic heterocycles. The van der Waals surface area contributed by atoms with Crippen LogP contribution in [0, 0.1) is 0 Å². The third-order valence-electron chi connectivity index (χ3n) is 11.5. The number of carbonyl (C=O) groups excluding carboxylic acids is 1. The van der Waals surface area contributed by atoms with Gasteiger partial charge in [0.05, 0.1) is 0 Å². The summed E-state index contributed by atoms with van der Waals surface area (Å²) in [6.45, 7) is 6.58. The molecule has 0 saturated carbocycles. The Morgan fingerprint density at radius 1 is 0.444 bits per heavy atom. The molecule has 0 atom stereocenters. The molecule has 2 aromatic rings. The largest absolute Gasteiger partial charge is 0.307 e. The van der Waals surface area contributed by atoms with E-state index in [0.717, 1.165) is 48.6 Å². The number of fused-ring (bicyclic) bond motifs is 1. The second-order valence-electron chi connectivity index (χ2n) is 16.4. The van der Waals surface area contributed by atoms with Crippen LogP contribution < -0.4 is 0 Å². The number of benzene rings is 2. The fourth-order valence-corrected chi connectivity index (χ4v) is 9.28. The summed E-state index contributed by atoms with van der Waals surface area (Å²) < 4.78 is 36.0. The van der Waals surface area contributed by atoms with E-state index < -0.39 is 10.1 Å². The monoisotopic (exact) mass is 771 g/mol. The fourth-order valence-electron chi connectivity index (χ4n) is 8.27. The van der Waals surface area contributed by atoms with Crippen molar-refractivity contribution in [2.75, 3.05) is 0 Å². The number of unbranched alkanes of at least 4 members (excludes halogenated alkanes) is 32. The molecule has 2 rings (SSSR count). The van der Waals surface area contributed by atoms with Crippen molar-refractivity contribution in [1.82, 2.24) is 0 Å². The molecule has 0 bridgehead atoms. The standard InChI is InChI=1S/C48H84O3S.CH2O/c1-3-5-7-9-11-13-15-17-19-21-23-25-27-29-31-33-35-39-44-43-45-40-37-38-42-47(45)48(52(49,50)51)46(44)41-36-34-32-30-28-26-24-22-20-18-16-14-12-10-8-6-4-2;1-2/h37-38,40,42-43H,3-36,39,41H2,1-2H3,(H,49,50,51);1H2. The van der Waals surface area contributed by atoms with Crippen LogP contribution in [0.5, 0.6) is 0 Å². The van der Waals surface area contributed by atoms with Gasteiger partial charge >= 0.3 is 0 Å². The smallest absolute Gasteiger partial charge is 0.295 e. The first-order valence-corrected chi connectivity index (χ1v) is 24.7. The van der Waals surface area contributed by atoms with E-state index in [-0.39, 0.29) is 4.90 Å². The average molecular weight is 771 g/mol. The van der Waals surface area contributed by atoms with Gasteiger partial charge in [0, 0.05) is 5.39 Å². The lowest BCUT2D eigenvalue weighted by molar-refractivity contribution is -0.0980. The lowest BCUT2D eigenvalue weighted by Crippen LogP contribution is -2.08. The van der Waals surface area contributed by atoms with Crippen LogP contribution in [0.2, 0.25) is 0 Å². The van der Waals surface area contributed by atoms with E-state index in [2.05, 4.69) is 19.9 Å². The Morgan fingerprint density at radius 3 is 1.07 bits per heavy atom. The molecular weight excluding hydrogens is 685 g/mol. The molecule has 312 valence electrons. The quantitative estimate of drug-likeness (QED) is 0.0548. The van der Waals surface area contributed by atoms with Gasteiger partial charge in [0.25, 0.3) is 10.1 Å². The van der Waals surface area contributed by atoms with Gasteiger partial charge in [-0.05, 0) is 42.2 Å². The predicted octanol–water partition coefficient (Wildman–Crippen LogP) is 16.3. The van der Waals surface area contributed by atoms with Gasteiger partial charge in [-0.15, -0.1) is 0 Å². The summed E-state index contributed by atoms with van der Waals surface area (Å²) >= 11 is 0. The Balaban J connectivity index is 0.00000716. The van der Waals surface area contributed by atoms with Gasteiger partial charge in [0.1, 0.15) is 11.7 Å². The summed E-state index contributed by atoms with van der Waals surface area (Å²) in [6, 6.07) is 9.90. The van der Waals surface area contributed by atoms with Gasteiger partial charge in [0.2, 0.25) is 0 Å². The summed E-state index contributed by atoms with van der Waals surface area (Å²) in [5, 5.41) is 1.58. The highest BCUT2D eigenvalue weighted by Gasteiger charge is 2.22. The van der Waals surface area contributed by atoms with Crippen molar-refractivity contribution < 1.29 is 17.8 Å². The van der Waals surface area contributed by atoms with E-state index in [9.17, 15) is 13.0 Å². The van der Waals surface area contributed by atoms with E-state index in [4.69, 9.17) is 4.79 Å². The normalized spacial score (nSPS) is 11.6. The lowest BCUT2D eigenvalue weighted by Gasteiger charge is -2.17. The zero-order chi connectivity index (χ0) is 39.4. The molecule has 5 heteroatoms. The van der Waals surface area contributed by atoms with Crippen LogP contribution in [0.4, 0.5) is 0 Å². The van der Waals surface area contributed by atoms with Gasteiger partial charge in [-0.25, -0.2) is 0 Å². The Morgan fingerprint density at radius 2 is 0.741 bits per heavy atom. The van der Waals surface area contributed by atoms with Crippen molar-refractivity contribution in [3.05, 3.63) is 41.5 Å². The minimum Gasteiger partial charge on any atom is -0.307 e. The van der Waals surface area contributed by atoms with Crippen LogP contribution in [0.15, 0.2) is 35.2 Å². The molecule has 0 amide bonds. The first kappa shape index (κ1) is 50.3. The highest BCUT2D eigenvalue weighted by Crippen LogP contribution is 2.32. The predicted molar refractivity (Wildman–Crippen MR) is 237 cm³/mol. The molecule has 0 aliphatic carbocycles. The van der Waals surface area contributed by atoms with Gasteiger partial charge in [-0.3, -0.25) is 4.55 Å². The number of hydrogen-bond donors (Lipinski definition) is 1. The minimum absolute atomic E-state index is 0.170. The summed E-state index contributed by atoms with van der Waals surface area (Å²) in [4.78, 5) is 8.17. The molecule has 0 fully saturated rings. The summed E-state index contributed by atoms with van der Waals surface area (Å²) in [7, 11) is -4.32. The molecule has 0 unspecified atom stereocenters. The van der Waals surface area contributed by atoms with E-state index >= 15 is 0 Å². The summed E-state index contributed by atoms with van der Waals surface area (Å²) in [5.74, 6) is 0. The Labute approximate surface area is 335 Å². The van der Waals surface area contributed by atoms with E-state index in [1.807, 2.05) is 31.1 Å². The topological polar surface area (TPSA) is 71.4 Å². The minimum atomic E-state index is -4.32. The molecule has 1 N–H and O–H groups in total. The van der Waals surface area contributed by atoms with Crippen molar-refractivity contribution in [3.8, 4) is 0 Å². The van der Waals surface area contributed by atoms with E-state index in [1.54, 1.807) is 0 Å². The van der Waals surface area contributed by atoms with Crippen LogP contribution in [-0.2, 0) is 27.8 Å². The number of hydrogen-bond acceptors (Lipinski definition) is 3. The molecule has 2 aromatic carbocycles. The fraction of sp³-hybridized carbons (Fsp3) is 0.776. The highest BCUT2D eigenvalue weighted by molar-refractivity contribution is 7.86. The molecule has 54 heavy (non-hydrogen) atoms. The molecule has 4 nitrogen and oxygen atoms in total. The third kappa shape index (κ3) is 25.4. The van der Waals surface area contributed by atoms with Gasteiger partial charge in [0.15, 0.2) is 0 Å². The van der Waals surface area contributed by atoms with Crippen LogP contribution in [-0.4, -0.2) is 19.8 Å². The van der Waals surface area contributed by atoms with Crippen molar-refractivity contribution in [2.24, 2.45) is 0 Å². The van der Waals surface area contributed by atoms with E-state index in [1.165, 1.54) is 199 Å². The maximum atomic E-state index is 12.8. The lowest BCUT2D eigenvalue weighted by atomic mass is 9.93. The van der Waals surface area contributed by atoms with Crippen LogP contribution in [0.25, 0.3) is 10.8 Å². The van der Waals surface area contributed by atoms with Crippen molar-refractivity contribution in [3.63, 3.8) is 0 Å². The van der Waals surface area contributed by atoms with Crippen LogP contribution in [0.3, 0.4) is 0 Å². The Kier molecular flexibility index (Phi) is 33.2. The third-order valence-corrected chi connectivity index (χ3v) is 12.5. The Hall–Kier alpha value is -1.72. The van der Waals surface area contributed by atoms with Gasteiger partial charge in [-0.2, -0.15) is 8.42 Å². The van der Waals surface area contributed by atoms with Crippen LogP contribution in [0.1, 0.15) is 243 Å².